The lowest BCUT2D eigenvalue weighted by atomic mass is 10.1. The predicted octanol–water partition coefficient (Wildman–Crippen LogP) is 2.92. The SMILES string of the molecule is O=C(c1cc(CN2CN=Cc3ccccc32)ccc1F)N1CCN(C(=O)C2CC2)CC1. The molecule has 1 aliphatic carbocycles. The van der Waals surface area contributed by atoms with Crippen LogP contribution < -0.4 is 4.90 Å². The second kappa shape index (κ2) is 8.13. The highest BCUT2D eigenvalue weighted by Gasteiger charge is 2.35. The van der Waals surface area contributed by atoms with E-state index >= 15 is 0 Å². The summed E-state index contributed by atoms with van der Waals surface area (Å²) in [4.78, 5) is 35.3. The van der Waals surface area contributed by atoms with Crippen LogP contribution in [-0.4, -0.2) is 60.7 Å². The van der Waals surface area contributed by atoms with E-state index in [0.717, 1.165) is 29.7 Å². The number of hydrogen-bond acceptors (Lipinski definition) is 4. The Kier molecular flexibility index (Phi) is 5.18. The van der Waals surface area contributed by atoms with Crippen molar-refractivity contribution in [3.05, 3.63) is 65.0 Å². The number of anilines is 1. The van der Waals surface area contributed by atoms with Crippen molar-refractivity contribution in [2.45, 2.75) is 19.4 Å². The van der Waals surface area contributed by atoms with Crippen molar-refractivity contribution < 1.29 is 14.0 Å². The maximum Gasteiger partial charge on any atom is 0.256 e. The van der Waals surface area contributed by atoms with E-state index in [1.807, 2.05) is 35.4 Å². The minimum absolute atomic E-state index is 0.0910. The number of carbonyl (C=O) groups is 2. The van der Waals surface area contributed by atoms with Gasteiger partial charge in [0.2, 0.25) is 5.91 Å². The van der Waals surface area contributed by atoms with Crippen molar-refractivity contribution in [2.75, 3.05) is 37.7 Å². The lowest BCUT2D eigenvalue weighted by Crippen LogP contribution is -2.51. The van der Waals surface area contributed by atoms with Gasteiger partial charge in [-0.25, -0.2) is 4.39 Å². The lowest BCUT2D eigenvalue weighted by molar-refractivity contribution is -0.134. The molecule has 3 aliphatic rings. The monoisotopic (exact) mass is 420 g/mol. The van der Waals surface area contributed by atoms with Gasteiger partial charge in [0, 0.05) is 56.1 Å². The molecule has 6 nitrogen and oxygen atoms in total. The van der Waals surface area contributed by atoms with Crippen LogP contribution >= 0.6 is 0 Å². The largest absolute Gasteiger partial charge is 0.347 e. The van der Waals surface area contributed by atoms with Gasteiger partial charge in [-0.2, -0.15) is 0 Å². The second-order valence-corrected chi connectivity index (χ2v) is 8.42. The Labute approximate surface area is 181 Å². The Morgan fingerprint density at radius 1 is 1.00 bits per heavy atom. The summed E-state index contributed by atoms with van der Waals surface area (Å²) < 4.78 is 14.6. The molecule has 160 valence electrons. The van der Waals surface area contributed by atoms with E-state index < -0.39 is 5.82 Å². The van der Waals surface area contributed by atoms with E-state index in [0.29, 0.717) is 39.4 Å². The molecule has 2 fully saturated rings. The molecule has 0 aromatic heterocycles. The zero-order chi connectivity index (χ0) is 21.4. The van der Waals surface area contributed by atoms with Crippen molar-refractivity contribution in [1.82, 2.24) is 9.80 Å². The standard InChI is InChI=1S/C24H25FN4O2/c25-21-8-5-17(15-29-16-26-14-19-3-1-2-4-22(19)29)13-20(21)24(31)28-11-9-27(10-12-28)23(30)18-6-7-18/h1-5,8,13-14,18H,6-7,9-12,15-16H2. The molecule has 2 aliphatic heterocycles. The normalized spacial score (nSPS) is 18.2. The predicted molar refractivity (Wildman–Crippen MR) is 117 cm³/mol. The number of amides is 2. The number of fused-ring (bicyclic) bond motifs is 1. The van der Waals surface area contributed by atoms with Crippen LogP contribution in [0.25, 0.3) is 0 Å². The Morgan fingerprint density at radius 3 is 2.52 bits per heavy atom. The van der Waals surface area contributed by atoms with E-state index in [1.165, 1.54) is 6.07 Å². The fourth-order valence-electron chi connectivity index (χ4n) is 4.28. The molecule has 2 heterocycles. The van der Waals surface area contributed by atoms with Crippen molar-refractivity contribution in [3.63, 3.8) is 0 Å². The molecule has 2 aromatic rings. The average Bonchev–Trinajstić information content (AvgIpc) is 3.65. The first kappa shape index (κ1) is 19.7. The second-order valence-electron chi connectivity index (χ2n) is 8.42. The molecule has 0 spiro atoms. The van der Waals surface area contributed by atoms with Crippen molar-refractivity contribution in [3.8, 4) is 0 Å². The first-order chi connectivity index (χ1) is 15.1. The summed E-state index contributed by atoms with van der Waals surface area (Å²) in [5.74, 6) is -0.442. The summed E-state index contributed by atoms with van der Waals surface area (Å²) in [5, 5.41) is 0. The van der Waals surface area contributed by atoms with Crippen LogP contribution in [0, 0.1) is 11.7 Å². The van der Waals surface area contributed by atoms with Crippen LogP contribution in [0.15, 0.2) is 47.5 Å². The summed E-state index contributed by atoms with van der Waals surface area (Å²) in [6.45, 7) is 2.98. The number of para-hydroxylation sites is 1. The summed E-state index contributed by atoms with van der Waals surface area (Å²) in [6.07, 6.45) is 3.81. The third-order valence-corrected chi connectivity index (χ3v) is 6.20. The van der Waals surface area contributed by atoms with Gasteiger partial charge in [0.15, 0.2) is 0 Å². The van der Waals surface area contributed by atoms with E-state index in [4.69, 9.17) is 0 Å². The first-order valence-corrected chi connectivity index (χ1v) is 10.8. The maximum absolute atomic E-state index is 14.6. The number of aliphatic imine (C=N–C) groups is 1. The summed E-state index contributed by atoms with van der Waals surface area (Å²) in [6, 6.07) is 12.8. The highest BCUT2D eigenvalue weighted by atomic mass is 19.1. The summed E-state index contributed by atoms with van der Waals surface area (Å²) in [7, 11) is 0. The molecule has 0 radical (unpaired) electrons. The Balaban J connectivity index is 1.28. The van der Waals surface area contributed by atoms with Gasteiger partial charge in [-0.3, -0.25) is 14.6 Å². The minimum Gasteiger partial charge on any atom is -0.347 e. The zero-order valence-corrected chi connectivity index (χ0v) is 17.3. The Bertz CT molecular complexity index is 1040. The number of benzene rings is 2. The minimum atomic E-state index is -0.512. The maximum atomic E-state index is 14.6. The summed E-state index contributed by atoms with van der Waals surface area (Å²) >= 11 is 0. The Hall–Kier alpha value is -3.22. The van der Waals surface area contributed by atoms with Crippen molar-refractivity contribution >= 4 is 23.7 Å². The van der Waals surface area contributed by atoms with Gasteiger partial charge < -0.3 is 14.7 Å². The molecule has 7 heteroatoms. The third-order valence-electron chi connectivity index (χ3n) is 6.20. The lowest BCUT2D eigenvalue weighted by Gasteiger charge is -2.35. The van der Waals surface area contributed by atoms with Crippen molar-refractivity contribution in [1.29, 1.82) is 0 Å². The summed E-state index contributed by atoms with van der Waals surface area (Å²) in [5.41, 5.74) is 3.07. The Morgan fingerprint density at radius 2 is 1.74 bits per heavy atom. The average molecular weight is 420 g/mol. The molecule has 1 saturated heterocycles. The van der Waals surface area contributed by atoms with Crippen LogP contribution in [0.5, 0.6) is 0 Å². The molecular formula is C24H25FN4O2. The van der Waals surface area contributed by atoms with Crippen LogP contribution in [0.3, 0.4) is 0 Å². The molecule has 2 aromatic carbocycles. The zero-order valence-electron chi connectivity index (χ0n) is 17.3. The molecule has 0 N–H and O–H groups in total. The smallest absolute Gasteiger partial charge is 0.256 e. The number of halogens is 1. The van der Waals surface area contributed by atoms with E-state index in [2.05, 4.69) is 9.89 Å². The van der Waals surface area contributed by atoms with Gasteiger partial charge >= 0.3 is 0 Å². The quantitative estimate of drug-likeness (QED) is 0.764. The van der Waals surface area contributed by atoms with Crippen LogP contribution in [0.4, 0.5) is 10.1 Å². The molecule has 0 bridgehead atoms. The number of carbonyl (C=O) groups excluding carboxylic acids is 2. The number of piperazine rings is 1. The third kappa shape index (κ3) is 4.04. The number of hydrogen-bond donors (Lipinski definition) is 0. The number of rotatable bonds is 4. The molecule has 1 saturated carbocycles. The first-order valence-electron chi connectivity index (χ1n) is 10.8. The fourth-order valence-corrected chi connectivity index (χ4v) is 4.28. The van der Waals surface area contributed by atoms with Gasteiger partial charge in [-0.1, -0.05) is 24.3 Å². The molecule has 0 atom stereocenters. The topological polar surface area (TPSA) is 56.2 Å². The van der Waals surface area contributed by atoms with Crippen LogP contribution in [0.2, 0.25) is 0 Å². The molecule has 31 heavy (non-hydrogen) atoms. The molecule has 0 unspecified atom stereocenters. The fraction of sp³-hybridized carbons (Fsp3) is 0.375. The number of nitrogens with zero attached hydrogens (tertiary/aromatic N) is 4. The van der Waals surface area contributed by atoms with Gasteiger partial charge in [0.25, 0.3) is 5.91 Å². The van der Waals surface area contributed by atoms with E-state index in [9.17, 15) is 14.0 Å². The van der Waals surface area contributed by atoms with Crippen LogP contribution in [-0.2, 0) is 11.3 Å². The van der Waals surface area contributed by atoms with Gasteiger partial charge in [-0.05, 0) is 36.6 Å². The highest BCUT2D eigenvalue weighted by Crippen LogP contribution is 2.31. The van der Waals surface area contributed by atoms with Crippen LogP contribution in [0.1, 0.15) is 34.3 Å². The highest BCUT2D eigenvalue weighted by molar-refractivity contribution is 5.95. The van der Waals surface area contributed by atoms with Gasteiger partial charge in [0.1, 0.15) is 12.5 Å². The van der Waals surface area contributed by atoms with Gasteiger partial charge in [0.05, 0.1) is 5.56 Å². The van der Waals surface area contributed by atoms with Gasteiger partial charge in [-0.15, -0.1) is 0 Å². The molecule has 5 rings (SSSR count). The van der Waals surface area contributed by atoms with E-state index in [1.54, 1.807) is 17.0 Å². The van der Waals surface area contributed by atoms with Crippen molar-refractivity contribution in [2.24, 2.45) is 10.9 Å². The molecular weight excluding hydrogens is 395 g/mol. The van der Waals surface area contributed by atoms with E-state index in [-0.39, 0.29) is 23.3 Å². The molecule has 2 amide bonds.